The number of nitro benzene ring substituents is 1. The summed E-state index contributed by atoms with van der Waals surface area (Å²) in [4.78, 5) is 10.3. The standard InChI is InChI=1S/C24H35NO18/c26-5-10-13(28)16(31)18(33)22(40-10)38-7-12-15(30)21(43-23-19(34)17(32)14(29)11(6-27)41-23)20(35)24(42-12)39-9-3-1-8(2-4-9)25(36)37/h1-4,10-24,26-35H,5-7H2. The summed E-state index contributed by atoms with van der Waals surface area (Å²) >= 11 is 0. The summed E-state index contributed by atoms with van der Waals surface area (Å²) in [5, 5.41) is 113. The van der Waals surface area contributed by atoms with Gasteiger partial charge in [0.05, 0.1) is 24.7 Å². The van der Waals surface area contributed by atoms with Gasteiger partial charge in [0, 0.05) is 12.1 Å². The molecule has 0 spiro atoms. The van der Waals surface area contributed by atoms with Crippen molar-refractivity contribution in [1.82, 2.24) is 0 Å². The fourth-order valence-corrected chi connectivity index (χ4v) is 4.81. The molecule has 244 valence electrons. The van der Waals surface area contributed by atoms with Crippen LogP contribution in [-0.2, 0) is 23.7 Å². The highest BCUT2D eigenvalue weighted by atomic mass is 16.7. The molecule has 1 aromatic carbocycles. The fraction of sp³-hybridized carbons (Fsp3) is 0.750. The molecule has 15 unspecified atom stereocenters. The first-order chi connectivity index (χ1) is 20.4. The molecule has 3 aliphatic heterocycles. The Morgan fingerprint density at radius 3 is 1.70 bits per heavy atom. The number of nitro groups is 1. The molecule has 0 bridgehead atoms. The van der Waals surface area contributed by atoms with Gasteiger partial charge in [0.1, 0.15) is 79.0 Å². The van der Waals surface area contributed by atoms with Crippen LogP contribution in [0.15, 0.2) is 24.3 Å². The molecule has 3 heterocycles. The molecule has 3 aliphatic rings. The van der Waals surface area contributed by atoms with Gasteiger partial charge in [0.25, 0.3) is 5.69 Å². The normalized spacial score (nSPS) is 43.7. The average Bonchev–Trinajstić information content (AvgIpc) is 2.99. The third-order valence-corrected chi connectivity index (χ3v) is 7.35. The third kappa shape index (κ3) is 7.22. The van der Waals surface area contributed by atoms with E-state index in [4.69, 9.17) is 28.4 Å². The second-order valence-electron chi connectivity index (χ2n) is 10.2. The largest absolute Gasteiger partial charge is 0.462 e. The van der Waals surface area contributed by atoms with E-state index in [1.54, 1.807) is 0 Å². The van der Waals surface area contributed by atoms with Crippen LogP contribution in [0.25, 0.3) is 0 Å². The van der Waals surface area contributed by atoms with E-state index in [-0.39, 0.29) is 11.4 Å². The van der Waals surface area contributed by atoms with Crippen molar-refractivity contribution in [2.45, 2.75) is 92.1 Å². The van der Waals surface area contributed by atoms with Crippen LogP contribution in [0, 0.1) is 10.1 Å². The molecule has 0 aliphatic carbocycles. The summed E-state index contributed by atoms with van der Waals surface area (Å²) in [7, 11) is 0. The number of non-ortho nitro benzene ring substituents is 1. The van der Waals surface area contributed by atoms with Gasteiger partial charge in [-0.25, -0.2) is 0 Å². The van der Waals surface area contributed by atoms with E-state index >= 15 is 0 Å². The molecular formula is C24H35NO18. The minimum absolute atomic E-state index is 0.0220. The number of rotatable bonds is 10. The van der Waals surface area contributed by atoms with Crippen molar-refractivity contribution in [3.63, 3.8) is 0 Å². The maximum Gasteiger partial charge on any atom is 0.269 e. The SMILES string of the molecule is O=[N+]([O-])c1ccc(OC2OC(COC3OC(CO)C(O)C(O)C3O)C(O)C(OC3OC(CO)C(O)C(O)C3O)C2O)cc1. The van der Waals surface area contributed by atoms with Gasteiger partial charge < -0.3 is 79.5 Å². The van der Waals surface area contributed by atoms with Crippen LogP contribution in [0.2, 0.25) is 0 Å². The summed E-state index contributed by atoms with van der Waals surface area (Å²) in [5.74, 6) is -0.0220. The Balaban J connectivity index is 1.54. The predicted octanol–water partition coefficient (Wildman–Crippen LogP) is -5.58. The van der Waals surface area contributed by atoms with Crippen molar-refractivity contribution in [2.24, 2.45) is 0 Å². The van der Waals surface area contributed by atoms with Crippen LogP contribution < -0.4 is 4.74 Å². The van der Waals surface area contributed by atoms with Gasteiger partial charge in [-0.3, -0.25) is 10.1 Å². The molecule has 0 radical (unpaired) electrons. The lowest BCUT2D eigenvalue weighted by atomic mass is 9.96. The minimum atomic E-state index is -1.90. The van der Waals surface area contributed by atoms with Crippen LogP contribution in [0.3, 0.4) is 0 Å². The minimum Gasteiger partial charge on any atom is -0.462 e. The van der Waals surface area contributed by atoms with Crippen molar-refractivity contribution < 1.29 is 84.4 Å². The Bertz CT molecular complexity index is 1050. The quantitative estimate of drug-likeness (QED) is 0.0856. The van der Waals surface area contributed by atoms with Crippen LogP contribution in [0.5, 0.6) is 5.75 Å². The van der Waals surface area contributed by atoms with Gasteiger partial charge in [0.2, 0.25) is 6.29 Å². The smallest absolute Gasteiger partial charge is 0.269 e. The van der Waals surface area contributed by atoms with Crippen molar-refractivity contribution in [2.75, 3.05) is 19.8 Å². The number of benzene rings is 1. The first kappa shape index (κ1) is 33.7. The Morgan fingerprint density at radius 2 is 1.16 bits per heavy atom. The van der Waals surface area contributed by atoms with Gasteiger partial charge in [-0.1, -0.05) is 0 Å². The molecule has 3 saturated heterocycles. The second-order valence-corrected chi connectivity index (χ2v) is 10.2. The summed E-state index contributed by atoms with van der Waals surface area (Å²) in [6.45, 7) is -2.17. The molecule has 19 heteroatoms. The van der Waals surface area contributed by atoms with Crippen molar-refractivity contribution in [3.05, 3.63) is 34.4 Å². The molecule has 19 nitrogen and oxygen atoms in total. The van der Waals surface area contributed by atoms with Crippen LogP contribution >= 0.6 is 0 Å². The maximum absolute atomic E-state index is 11.1. The predicted molar refractivity (Wildman–Crippen MR) is 133 cm³/mol. The van der Waals surface area contributed by atoms with E-state index in [0.29, 0.717) is 0 Å². The van der Waals surface area contributed by atoms with Gasteiger partial charge >= 0.3 is 0 Å². The highest BCUT2D eigenvalue weighted by Crippen LogP contribution is 2.32. The van der Waals surface area contributed by atoms with Crippen molar-refractivity contribution >= 4 is 5.69 Å². The lowest BCUT2D eigenvalue weighted by Crippen LogP contribution is -2.65. The Morgan fingerprint density at radius 1 is 0.651 bits per heavy atom. The summed E-state index contributed by atoms with van der Waals surface area (Å²) in [5.41, 5.74) is -0.262. The van der Waals surface area contributed by atoms with Crippen molar-refractivity contribution in [3.8, 4) is 5.75 Å². The number of aliphatic hydroxyl groups excluding tert-OH is 10. The second kappa shape index (κ2) is 14.3. The molecule has 10 N–H and O–H groups in total. The Kier molecular flexibility index (Phi) is 11.2. The van der Waals surface area contributed by atoms with E-state index in [1.807, 2.05) is 0 Å². The molecule has 0 amide bonds. The average molecular weight is 626 g/mol. The molecule has 43 heavy (non-hydrogen) atoms. The maximum atomic E-state index is 11.1. The molecule has 0 aromatic heterocycles. The lowest BCUT2D eigenvalue weighted by molar-refractivity contribution is -0.384. The van der Waals surface area contributed by atoms with Gasteiger partial charge in [-0.15, -0.1) is 0 Å². The highest BCUT2D eigenvalue weighted by Gasteiger charge is 2.52. The van der Waals surface area contributed by atoms with Gasteiger partial charge in [0.15, 0.2) is 12.6 Å². The van der Waals surface area contributed by atoms with E-state index in [0.717, 1.165) is 12.1 Å². The number of hydrogen-bond donors (Lipinski definition) is 10. The van der Waals surface area contributed by atoms with Crippen LogP contribution in [0.4, 0.5) is 5.69 Å². The Labute approximate surface area is 242 Å². The van der Waals surface area contributed by atoms with E-state index in [2.05, 4.69) is 0 Å². The topological polar surface area (TPSA) is 301 Å². The molecule has 3 fully saturated rings. The van der Waals surface area contributed by atoms with Gasteiger partial charge in [-0.05, 0) is 12.1 Å². The van der Waals surface area contributed by atoms with E-state index in [9.17, 15) is 61.2 Å². The van der Waals surface area contributed by atoms with Crippen LogP contribution in [-0.4, -0.2) is 168 Å². The number of hydrogen-bond acceptors (Lipinski definition) is 18. The monoisotopic (exact) mass is 625 g/mol. The third-order valence-electron chi connectivity index (χ3n) is 7.35. The summed E-state index contributed by atoms with van der Waals surface area (Å²) in [6.07, 6.45) is -25.4. The molecule has 15 atom stereocenters. The first-order valence-corrected chi connectivity index (χ1v) is 13.2. The number of aliphatic hydroxyl groups is 10. The highest BCUT2D eigenvalue weighted by molar-refractivity contribution is 5.36. The zero-order valence-corrected chi connectivity index (χ0v) is 22.3. The Hall–Kier alpha value is -2.18. The molecular weight excluding hydrogens is 590 g/mol. The summed E-state index contributed by atoms with van der Waals surface area (Å²) in [6, 6.07) is 4.63. The molecule has 4 rings (SSSR count). The molecule has 0 saturated carbocycles. The molecule has 1 aromatic rings. The zero-order chi connectivity index (χ0) is 31.6. The van der Waals surface area contributed by atoms with E-state index < -0.39 is 117 Å². The summed E-state index contributed by atoms with van der Waals surface area (Å²) < 4.78 is 32.9. The fourth-order valence-electron chi connectivity index (χ4n) is 4.81. The first-order valence-electron chi connectivity index (χ1n) is 13.2. The number of ether oxygens (including phenoxy) is 6. The zero-order valence-electron chi connectivity index (χ0n) is 22.3. The number of nitrogens with zero attached hydrogens (tertiary/aromatic N) is 1. The van der Waals surface area contributed by atoms with Crippen LogP contribution in [0.1, 0.15) is 0 Å². The van der Waals surface area contributed by atoms with Gasteiger partial charge in [-0.2, -0.15) is 0 Å². The lowest BCUT2D eigenvalue weighted by Gasteiger charge is -2.46. The van der Waals surface area contributed by atoms with Crippen molar-refractivity contribution in [1.29, 1.82) is 0 Å². The van der Waals surface area contributed by atoms with E-state index in [1.165, 1.54) is 12.1 Å².